The first-order valence-electron chi connectivity index (χ1n) is 8.66. The molecule has 3 rings (SSSR count). The van der Waals surface area contributed by atoms with Crippen LogP contribution < -0.4 is 5.32 Å². The summed E-state index contributed by atoms with van der Waals surface area (Å²) < 4.78 is 0. The molecule has 1 unspecified atom stereocenters. The fourth-order valence-electron chi connectivity index (χ4n) is 3.52. The molecule has 4 amide bonds. The number of urea groups is 1. The lowest BCUT2D eigenvalue weighted by Crippen LogP contribution is -2.46. The van der Waals surface area contributed by atoms with Gasteiger partial charge in [0.2, 0.25) is 5.91 Å². The van der Waals surface area contributed by atoms with E-state index < -0.39 is 11.6 Å². The minimum absolute atomic E-state index is 0.175. The number of nitrogens with one attached hydrogen (secondary N) is 1. The van der Waals surface area contributed by atoms with E-state index in [1.54, 1.807) is 29.2 Å². The van der Waals surface area contributed by atoms with Crippen LogP contribution in [-0.4, -0.2) is 47.3 Å². The van der Waals surface area contributed by atoms with Crippen LogP contribution >= 0.6 is 11.6 Å². The molecule has 0 bridgehead atoms. The summed E-state index contributed by atoms with van der Waals surface area (Å²) in [6.07, 6.45) is 3.45. The summed E-state index contributed by atoms with van der Waals surface area (Å²) in [4.78, 5) is 40.7. The first kappa shape index (κ1) is 17.7. The number of likely N-dealkylation sites (tertiary alicyclic amines) is 1. The molecule has 2 fully saturated rings. The number of halogens is 1. The van der Waals surface area contributed by atoms with Gasteiger partial charge in [-0.1, -0.05) is 30.7 Å². The maximum absolute atomic E-state index is 13.0. The Bertz CT molecular complexity index is 685. The molecular formula is C18H22ClN3O3. The normalized spacial score (nSPS) is 23.8. The van der Waals surface area contributed by atoms with Crippen LogP contribution in [0.15, 0.2) is 24.3 Å². The highest BCUT2D eigenvalue weighted by Gasteiger charge is 2.51. The minimum atomic E-state index is -1.14. The van der Waals surface area contributed by atoms with Gasteiger partial charge in [0.25, 0.3) is 5.91 Å². The molecule has 2 heterocycles. The van der Waals surface area contributed by atoms with Crippen molar-refractivity contribution < 1.29 is 14.4 Å². The van der Waals surface area contributed by atoms with Crippen molar-refractivity contribution in [2.75, 3.05) is 19.6 Å². The van der Waals surface area contributed by atoms with Gasteiger partial charge in [-0.2, -0.15) is 0 Å². The Labute approximate surface area is 152 Å². The van der Waals surface area contributed by atoms with Crippen molar-refractivity contribution in [3.63, 3.8) is 0 Å². The Morgan fingerprint density at radius 2 is 1.80 bits per heavy atom. The first-order chi connectivity index (χ1) is 12.0. The lowest BCUT2D eigenvalue weighted by Gasteiger charge is -2.29. The third-order valence-corrected chi connectivity index (χ3v) is 5.30. The van der Waals surface area contributed by atoms with Crippen molar-refractivity contribution in [1.82, 2.24) is 15.1 Å². The van der Waals surface area contributed by atoms with Gasteiger partial charge in [-0.3, -0.25) is 14.5 Å². The molecule has 0 saturated carbocycles. The summed E-state index contributed by atoms with van der Waals surface area (Å²) in [5, 5.41) is 3.34. The van der Waals surface area contributed by atoms with Gasteiger partial charge in [-0.25, -0.2) is 4.79 Å². The standard InChI is InChI=1S/C18H22ClN3O3/c1-2-18(13-6-8-14(19)9-7-13)16(24)22(17(25)20-18)12-15(23)21-10-4-3-5-11-21/h6-9H,2-5,10-12H2,1H3,(H,20,25). The molecule has 0 radical (unpaired) electrons. The zero-order chi connectivity index (χ0) is 18.0. The van der Waals surface area contributed by atoms with Crippen molar-refractivity contribution in [2.24, 2.45) is 0 Å². The molecule has 7 heteroatoms. The molecule has 1 N–H and O–H groups in total. The van der Waals surface area contributed by atoms with Gasteiger partial charge in [-0.15, -0.1) is 0 Å². The molecule has 1 aromatic carbocycles. The number of rotatable bonds is 4. The number of carbonyl (C=O) groups excluding carboxylic acids is 3. The molecule has 1 aromatic rings. The number of benzene rings is 1. The van der Waals surface area contributed by atoms with E-state index in [1.807, 2.05) is 6.92 Å². The van der Waals surface area contributed by atoms with Gasteiger partial charge in [0.1, 0.15) is 12.1 Å². The fraction of sp³-hybridized carbons (Fsp3) is 0.500. The van der Waals surface area contributed by atoms with Crippen LogP contribution in [0.4, 0.5) is 4.79 Å². The summed E-state index contributed by atoms with van der Waals surface area (Å²) in [5.41, 5.74) is -0.463. The van der Waals surface area contributed by atoms with E-state index >= 15 is 0 Å². The van der Waals surface area contributed by atoms with Crippen LogP contribution in [0.5, 0.6) is 0 Å². The van der Waals surface area contributed by atoms with Crippen LogP contribution in [0.25, 0.3) is 0 Å². The highest BCUT2D eigenvalue weighted by molar-refractivity contribution is 6.30. The molecule has 0 aromatic heterocycles. The molecular weight excluding hydrogens is 342 g/mol. The zero-order valence-corrected chi connectivity index (χ0v) is 15.0. The predicted molar refractivity (Wildman–Crippen MR) is 94.1 cm³/mol. The lowest BCUT2D eigenvalue weighted by molar-refractivity contribution is -0.139. The molecule has 2 aliphatic rings. The molecule has 2 aliphatic heterocycles. The Balaban J connectivity index is 1.80. The Kier molecular flexibility index (Phi) is 4.99. The third-order valence-electron chi connectivity index (χ3n) is 5.05. The van der Waals surface area contributed by atoms with Crippen molar-refractivity contribution in [3.8, 4) is 0 Å². The summed E-state index contributed by atoms with van der Waals surface area (Å²) in [6, 6.07) is 6.33. The van der Waals surface area contributed by atoms with E-state index in [0.717, 1.165) is 24.2 Å². The lowest BCUT2D eigenvalue weighted by atomic mass is 9.87. The highest BCUT2D eigenvalue weighted by Crippen LogP contribution is 2.33. The van der Waals surface area contributed by atoms with Crippen LogP contribution in [-0.2, 0) is 15.1 Å². The summed E-state index contributed by atoms with van der Waals surface area (Å²) in [6.45, 7) is 3.01. The average Bonchev–Trinajstić information content (AvgIpc) is 2.88. The van der Waals surface area contributed by atoms with Gasteiger partial charge < -0.3 is 10.2 Å². The number of hydrogen-bond acceptors (Lipinski definition) is 3. The topological polar surface area (TPSA) is 69.7 Å². The number of nitrogens with zero attached hydrogens (tertiary/aromatic N) is 2. The van der Waals surface area contributed by atoms with Gasteiger partial charge in [0, 0.05) is 18.1 Å². The third kappa shape index (κ3) is 3.23. The maximum Gasteiger partial charge on any atom is 0.325 e. The zero-order valence-electron chi connectivity index (χ0n) is 14.3. The van der Waals surface area contributed by atoms with Gasteiger partial charge >= 0.3 is 6.03 Å². The monoisotopic (exact) mass is 363 g/mol. The minimum Gasteiger partial charge on any atom is -0.341 e. The molecule has 2 saturated heterocycles. The Morgan fingerprint density at radius 1 is 1.16 bits per heavy atom. The largest absolute Gasteiger partial charge is 0.341 e. The summed E-state index contributed by atoms with van der Waals surface area (Å²) in [7, 11) is 0. The molecule has 1 atom stereocenters. The molecule has 0 spiro atoms. The number of amides is 4. The second-order valence-electron chi connectivity index (χ2n) is 6.53. The SMILES string of the molecule is CCC1(c2ccc(Cl)cc2)NC(=O)N(CC(=O)N2CCCCC2)C1=O. The Morgan fingerprint density at radius 3 is 2.40 bits per heavy atom. The number of carbonyl (C=O) groups is 3. The van der Waals surface area contributed by atoms with E-state index in [0.29, 0.717) is 30.1 Å². The van der Waals surface area contributed by atoms with Crippen molar-refractivity contribution >= 4 is 29.4 Å². The highest BCUT2D eigenvalue weighted by atomic mass is 35.5. The van der Waals surface area contributed by atoms with Crippen molar-refractivity contribution in [1.29, 1.82) is 0 Å². The molecule has 6 nitrogen and oxygen atoms in total. The predicted octanol–water partition coefficient (Wildman–Crippen LogP) is 2.51. The Hall–Kier alpha value is -2.08. The van der Waals surface area contributed by atoms with Crippen molar-refractivity contribution in [3.05, 3.63) is 34.9 Å². The van der Waals surface area contributed by atoms with Crippen LogP contribution in [0.2, 0.25) is 5.02 Å². The van der Waals surface area contributed by atoms with E-state index in [1.165, 1.54) is 0 Å². The van der Waals surface area contributed by atoms with Crippen LogP contribution in [0.3, 0.4) is 0 Å². The summed E-state index contributed by atoms with van der Waals surface area (Å²) >= 11 is 5.92. The van der Waals surface area contributed by atoms with E-state index in [-0.39, 0.29) is 18.4 Å². The smallest absolute Gasteiger partial charge is 0.325 e. The van der Waals surface area contributed by atoms with Gasteiger partial charge in [-0.05, 0) is 43.4 Å². The molecule has 0 aliphatic carbocycles. The van der Waals surface area contributed by atoms with E-state index in [9.17, 15) is 14.4 Å². The van der Waals surface area contributed by atoms with E-state index in [2.05, 4.69) is 5.32 Å². The maximum atomic E-state index is 13.0. The second kappa shape index (κ2) is 7.04. The number of piperidine rings is 1. The number of hydrogen-bond donors (Lipinski definition) is 1. The first-order valence-corrected chi connectivity index (χ1v) is 9.03. The van der Waals surface area contributed by atoms with Gasteiger partial charge in [0.05, 0.1) is 0 Å². The van der Waals surface area contributed by atoms with Crippen LogP contribution in [0.1, 0.15) is 38.2 Å². The quantitative estimate of drug-likeness (QED) is 0.835. The second-order valence-corrected chi connectivity index (χ2v) is 6.97. The molecule has 25 heavy (non-hydrogen) atoms. The fourth-order valence-corrected chi connectivity index (χ4v) is 3.65. The van der Waals surface area contributed by atoms with E-state index in [4.69, 9.17) is 11.6 Å². The average molecular weight is 364 g/mol. The summed E-state index contributed by atoms with van der Waals surface area (Å²) in [5.74, 6) is -0.557. The van der Waals surface area contributed by atoms with Crippen molar-refractivity contribution in [2.45, 2.75) is 38.1 Å². The molecule has 134 valence electrons. The van der Waals surface area contributed by atoms with Gasteiger partial charge in [0.15, 0.2) is 0 Å². The number of imide groups is 1. The van der Waals surface area contributed by atoms with Crippen LogP contribution in [0, 0.1) is 0 Å².